The van der Waals surface area contributed by atoms with E-state index in [9.17, 15) is 18.5 Å². The van der Waals surface area contributed by atoms with Crippen LogP contribution in [0.4, 0.5) is 11.6 Å². The lowest BCUT2D eigenvalue weighted by atomic mass is 9.96. The highest BCUT2D eigenvalue weighted by molar-refractivity contribution is 7.99. The summed E-state index contributed by atoms with van der Waals surface area (Å²) in [5.41, 5.74) is 3.29. The smallest absolute Gasteiger partial charge is 0.264 e. The lowest BCUT2D eigenvalue weighted by molar-refractivity contribution is -0.115. The van der Waals surface area contributed by atoms with Crippen LogP contribution in [0.5, 0.6) is 0 Å². The van der Waals surface area contributed by atoms with Crippen LogP contribution in [0.15, 0.2) is 58.7 Å². The number of aryl methyl sites for hydroxylation is 2. The number of aromatic nitrogens is 3. The number of hydrogen-bond acceptors (Lipinski definition) is 8. The number of benzene rings is 1. The largest absolute Gasteiger partial charge is 0.326 e. The van der Waals surface area contributed by atoms with Crippen molar-refractivity contribution < 1.29 is 13.2 Å². The molecule has 1 amide bonds. The van der Waals surface area contributed by atoms with Gasteiger partial charge in [-0.2, -0.15) is 5.26 Å². The van der Waals surface area contributed by atoms with E-state index >= 15 is 0 Å². The van der Waals surface area contributed by atoms with E-state index in [2.05, 4.69) is 26.1 Å². The van der Waals surface area contributed by atoms with Crippen LogP contribution in [0.2, 0.25) is 0 Å². The third-order valence-electron chi connectivity index (χ3n) is 5.69. The highest BCUT2D eigenvalue weighted by atomic mass is 32.2. The van der Waals surface area contributed by atoms with Crippen molar-refractivity contribution in [2.75, 3.05) is 15.8 Å². The van der Waals surface area contributed by atoms with Gasteiger partial charge < -0.3 is 5.32 Å². The molecule has 0 bridgehead atoms. The Kier molecular flexibility index (Phi) is 8.51. The molecule has 36 heavy (non-hydrogen) atoms. The number of thioether (sulfide) groups is 1. The Morgan fingerprint density at radius 2 is 1.78 bits per heavy atom. The minimum atomic E-state index is -3.85. The van der Waals surface area contributed by atoms with E-state index in [-0.39, 0.29) is 23.2 Å². The zero-order valence-electron chi connectivity index (χ0n) is 19.6. The summed E-state index contributed by atoms with van der Waals surface area (Å²) in [6, 6.07) is 11.6. The number of anilines is 2. The number of fused-ring (bicyclic) bond motifs is 1. The van der Waals surface area contributed by atoms with Gasteiger partial charge in [0.1, 0.15) is 11.1 Å². The van der Waals surface area contributed by atoms with Gasteiger partial charge in [0, 0.05) is 35.9 Å². The number of hydrogen-bond donors (Lipinski definition) is 2. The molecule has 0 atom stereocenters. The number of rotatable bonds is 8. The van der Waals surface area contributed by atoms with Crippen molar-refractivity contribution >= 4 is 39.3 Å². The van der Waals surface area contributed by atoms with Crippen molar-refractivity contribution in [3.05, 3.63) is 65.6 Å². The summed E-state index contributed by atoms with van der Waals surface area (Å²) >= 11 is 1.41. The van der Waals surface area contributed by atoms with Gasteiger partial charge in [0.25, 0.3) is 10.0 Å². The molecule has 0 radical (unpaired) electrons. The second kappa shape index (κ2) is 12.0. The second-order valence-corrected chi connectivity index (χ2v) is 11.1. The van der Waals surface area contributed by atoms with Gasteiger partial charge in [-0.1, -0.05) is 12.8 Å². The molecule has 2 N–H and O–H groups in total. The van der Waals surface area contributed by atoms with Crippen molar-refractivity contribution in [2.24, 2.45) is 0 Å². The molecule has 0 spiro atoms. The molecule has 1 aliphatic carbocycles. The first-order chi connectivity index (χ1) is 17.4. The van der Waals surface area contributed by atoms with Crippen LogP contribution in [-0.4, -0.2) is 35.0 Å². The average Bonchev–Trinajstić information content (AvgIpc) is 2.85. The molecule has 0 saturated heterocycles. The summed E-state index contributed by atoms with van der Waals surface area (Å²) in [6.45, 7) is 0. The topological polar surface area (TPSA) is 138 Å². The summed E-state index contributed by atoms with van der Waals surface area (Å²) in [4.78, 5) is 24.9. The van der Waals surface area contributed by atoms with Gasteiger partial charge in [-0.25, -0.2) is 28.1 Å². The second-order valence-electron chi connectivity index (χ2n) is 8.32. The van der Waals surface area contributed by atoms with Crippen molar-refractivity contribution in [1.82, 2.24) is 15.0 Å². The fraction of sp³-hybridized carbons (Fsp3) is 0.320. The number of carbonyl (C=O) groups excluding carboxylic acids is 1. The maximum absolute atomic E-state index is 12.5. The van der Waals surface area contributed by atoms with Gasteiger partial charge in [-0.05, 0) is 67.6 Å². The summed E-state index contributed by atoms with van der Waals surface area (Å²) in [7, 11) is -3.85. The zero-order chi connectivity index (χ0) is 25.4. The molecule has 9 nitrogen and oxygen atoms in total. The van der Waals surface area contributed by atoms with Crippen LogP contribution in [0.1, 0.15) is 48.9 Å². The van der Waals surface area contributed by atoms with Crippen molar-refractivity contribution in [1.29, 1.82) is 5.26 Å². The first-order valence-corrected chi connectivity index (χ1v) is 14.2. The number of amides is 1. The summed E-state index contributed by atoms with van der Waals surface area (Å²) < 4.78 is 27.3. The monoisotopic (exact) mass is 522 g/mol. The minimum Gasteiger partial charge on any atom is -0.326 e. The van der Waals surface area contributed by atoms with Crippen LogP contribution in [-0.2, 0) is 27.7 Å². The van der Waals surface area contributed by atoms with Crippen LogP contribution in [0.3, 0.4) is 0 Å². The normalized spacial score (nSPS) is 13.5. The molecule has 0 saturated carbocycles. The van der Waals surface area contributed by atoms with Gasteiger partial charge in [-0.3, -0.25) is 4.79 Å². The number of sulfonamides is 1. The average molecular weight is 523 g/mol. The number of nitriles is 1. The molecule has 1 aliphatic rings. The van der Waals surface area contributed by atoms with E-state index in [4.69, 9.17) is 4.98 Å². The van der Waals surface area contributed by atoms with Gasteiger partial charge in [0.15, 0.2) is 0 Å². The van der Waals surface area contributed by atoms with E-state index in [1.807, 2.05) is 6.07 Å². The summed E-state index contributed by atoms with van der Waals surface area (Å²) in [5, 5.41) is 13.0. The standard InChI is InChI=1S/C25H26N6O3S2/c26-17-19-16-18-6-3-1-2-4-7-22(18)30-24(19)35-15-12-23(32)29-20-8-10-21(11-9-20)36(33,34)31-25-27-13-5-14-28-25/h5,8-11,13-14,16H,1-4,6-7,12,15H2,(H,29,32)(H,27,28,31). The fourth-order valence-corrected chi connectivity index (χ4v) is 5.74. The molecular weight excluding hydrogens is 496 g/mol. The number of pyridine rings is 1. The maximum atomic E-state index is 12.5. The van der Waals surface area contributed by atoms with E-state index in [0.29, 0.717) is 22.0 Å². The Bertz CT molecular complexity index is 1360. The molecule has 1 aromatic carbocycles. The van der Waals surface area contributed by atoms with Crippen LogP contribution in [0, 0.1) is 11.3 Å². The molecular formula is C25H26N6O3S2. The fourth-order valence-electron chi connectivity index (χ4n) is 3.87. The lowest BCUT2D eigenvalue weighted by Gasteiger charge is -2.15. The molecule has 2 aromatic heterocycles. The highest BCUT2D eigenvalue weighted by Crippen LogP contribution is 2.27. The molecule has 0 unspecified atom stereocenters. The molecule has 4 rings (SSSR count). The number of nitrogens with zero attached hydrogens (tertiary/aromatic N) is 4. The molecule has 0 fully saturated rings. The number of nitrogens with one attached hydrogen (secondary N) is 2. The van der Waals surface area contributed by atoms with Gasteiger partial charge in [0.05, 0.1) is 10.5 Å². The minimum absolute atomic E-state index is 0.0218. The van der Waals surface area contributed by atoms with Crippen molar-refractivity contribution in [3.63, 3.8) is 0 Å². The van der Waals surface area contributed by atoms with E-state index in [1.165, 1.54) is 66.8 Å². The Hall–Kier alpha value is -3.49. The van der Waals surface area contributed by atoms with E-state index in [0.717, 1.165) is 31.4 Å². The van der Waals surface area contributed by atoms with Crippen molar-refractivity contribution in [3.8, 4) is 6.07 Å². The van der Waals surface area contributed by atoms with Gasteiger partial charge in [0.2, 0.25) is 11.9 Å². The first kappa shape index (κ1) is 25.6. The Balaban J connectivity index is 1.32. The van der Waals surface area contributed by atoms with Crippen LogP contribution < -0.4 is 10.0 Å². The Morgan fingerprint density at radius 3 is 2.50 bits per heavy atom. The molecule has 186 valence electrons. The zero-order valence-corrected chi connectivity index (χ0v) is 21.2. The maximum Gasteiger partial charge on any atom is 0.264 e. The third kappa shape index (κ3) is 6.80. The molecule has 3 aromatic rings. The van der Waals surface area contributed by atoms with Crippen molar-refractivity contribution in [2.45, 2.75) is 54.9 Å². The summed E-state index contributed by atoms with van der Waals surface area (Å²) in [5.74, 6) is 0.241. The first-order valence-electron chi connectivity index (χ1n) is 11.7. The summed E-state index contributed by atoms with van der Waals surface area (Å²) in [6.07, 6.45) is 9.63. The third-order valence-corrected chi connectivity index (χ3v) is 8.03. The highest BCUT2D eigenvalue weighted by Gasteiger charge is 2.17. The van der Waals surface area contributed by atoms with E-state index < -0.39 is 10.0 Å². The molecule has 0 aliphatic heterocycles. The van der Waals surface area contributed by atoms with Crippen LogP contribution >= 0.6 is 11.8 Å². The van der Waals surface area contributed by atoms with Crippen LogP contribution in [0.25, 0.3) is 0 Å². The predicted octanol–water partition coefficient (Wildman–Crippen LogP) is 4.32. The Morgan fingerprint density at radius 1 is 1.06 bits per heavy atom. The predicted molar refractivity (Wildman–Crippen MR) is 138 cm³/mol. The lowest BCUT2D eigenvalue weighted by Crippen LogP contribution is -2.15. The number of carbonyl (C=O) groups is 1. The van der Waals surface area contributed by atoms with Gasteiger partial charge in [-0.15, -0.1) is 11.8 Å². The molecule has 11 heteroatoms. The quantitative estimate of drug-likeness (QED) is 0.417. The molecule has 2 heterocycles. The van der Waals surface area contributed by atoms with Gasteiger partial charge >= 0.3 is 0 Å². The Labute approximate surface area is 214 Å². The SMILES string of the molecule is N#Cc1cc2c(nc1SCCC(=O)Nc1ccc(S(=O)(=O)Nc3ncccn3)cc1)CCCCCC2. The van der Waals surface area contributed by atoms with E-state index in [1.54, 1.807) is 6.07 Å².